The fourth-order valence-corrected chi connectivity index (χ4v) is 3.02. The van der Waals surface area contributed by atoms with E-state index >= 15 is 0 Å². The van der Waals surface area contributed by atoms with E-state index in [4.69, 9.17) is 0 Å². The van der Waals surface area contributed by atoms with Crippen molar-refractivity contribution >= 4 is 24.4 Å². The molecule has 0 radical (unpaired) electrons. The van der Waals surface area contributed by atoms with E-state index in [0.29, 0.717) is 6.42 Å². The number of hydrogen-bond acceptors (Lipinski definition) is 3. The van der Waals surface area contributed by atoms with Crippen molar-refractivity contribution < 1.29 is 9.59 Å². The summed E-state index contributed by atoms with van der Waals surface area (Å²) in [7, 11) is 1.67. The van der Waals surface area contributed by atoms with Crippen molar-refractivity contribution in [2.45, 2.75) is 32.1 Å². The van der Waals surface area contributed by atoms with Gasteiger partial charge in [-0.1, -0.05) is 0 Å². The zero-order chi connectivity index (χ0) is 13.2. The van der Waals surface area contributed by atoms with Crippen LogP contribution >= 0.6 is 12.6 Å². The molecule has 102 valence electrons. The molecule has 2 amide bonds. The predicted octanol–water partition coefficient (Wildman–Crippen LogP) is 1.07. The van der Waals surface area contributed by atoms with Crippen molar-refractivity contribution in [2.75, 3.05) is 25.9 Å². The second-order valence-corrected chi connectivity index (χ2v) is 5.92. The van der Waals surface area contributed by atoms with Gasteiger partial charge in [0.25, 0.3) is 0 Å². The minimum atomic E-state index is 0.0822. The van der Waals surface area contributed by atoms with E-state index in [-0.39, 0.29) is 23.1 Å². The van der Waals surface area contributed by atoms with Gasteiger partial charge in [-0.3, -0.25) is 9.59 Å². The number of thiol groups is 1. The Hall–Kier alpha value is -0.710. The van der Waals surface area contributed by atoms with Gasteiger partial charge in [-0.2, -0.15) is 12.6 Å². The van der Waals surface area contributed by atoms with Gasteiger partial charge in [0.15, 0.2) is 0 Å². The maximum absolute atomic E-state index is 12.2. The summed E-state index contributed by atoms with van der Waals surface area (Å²) in [6.07, 6.45) is 4.49. The summed E-state index contributed by atoms with van der Waals surface area (Å²) >= 11 is 4.33. The lowest BCUT2D eigenvalue weighted by Gasteiger charge is -2.32. The molecule has 0 aromatic heterocycles. The highest BCUT2D eigenvalue weighted by Crippen LogP contribution is 2.49. The van der Waals surface area contributed by atoms with E-state index in [1.165, 1.54) is 0 Å². The third-order valence-electron chi connectivity index (χ3n) is 4.28. The highest BCUT2D eigenvalue weighted by atomic mass is 32.1. The number of carbonyl (C=O) groups excluding carboxylic acids is 2. The van der Waals surface area contributed by atoms with Crippen molar-refractivity contribution in [1.29, 1.82) is 0 Å². The van der Waals surface area contributed by atoms with Crippen LogP contribution in [0.5, 0.6) is 0 Å². The van der Waals surface area contributed by atoms with Gasteiger partial charge in [0, 0.05) is 32.5 Å². The molecule has 1 N–H and O–H groups in total. The Kier molecular flexibility index (Phi) is 4.20. The number of amides is 2. The molecule has 1 heterocycles. The van der Waals surface area contributed by atoms with Crippen LogP contribution < -0.4 is 5.32 Å². The molecule has 1 saturated carbocycles. The summed E-state index contributed by atoms with van der Waals surface area (Å²) in [4.78, 5) is 25.6. The Morgan fingerprint density at radius 3 is 2.39 bits per heavy atom. The smallest absolute Gasteiger partial charge is 0.223 e. The maximum atomic E-state index is 12.2. The minimum absolute atomic E-state index is 0.0822. The molecule has 0 atom stereocenters. The molecule has 18 heavy (non-hydrogen) atoms. The largest absolute Gasteiger partial charge is 0.359 e. The lowest BCUT2D eigenvalue weighted by molar-refractivity contribution is -0.136. The average Bonchev–Trinajstić information content (AvgIpc) is 3.18. The second kappa shape index (κ2) is 5.51. The molecule has 4 nitrogen and oxygen atoms in total. The lowest BCUT2D eigenvalue weighted by Crippen LogP contribution is -2.43. The van der Waals surface area contributed by atoms with Crippen LogP contribution in [0.4, 0.5) is 0 Å². The van der Waals surface area contributed by atoms with Gasteiger partial charge in [0.05, 0.1) is 0 Å². The highest BCUT2D eigenvalue weighted by molar-refractivity contribution is 7.80. The minimum Gasteiger partial charge on any atom is -0.359 e. The molecule has 2 aliphatic rings. The van der Waals surface area contributed by atoms with E-state index < -0.39 is 0 Å². The molecule has 1 aliphatic carbocycles. The number of nitrogens with zero attached hydrogens (tertiary/aromatic N) is 1. The topological polar surface area (TPSA) is 49.4 Å². The monoisotopic (exact) mass is 270 g/mol. The molecular formula is C13H22N2O2S. The summed E-state index contributed by atoms with van der Waals surface area (Å²) in [5.41, 5.74) is 0.192. The Morgan fingerprint density at radius 2 is 1.94 bits per heavy atom. The van der Waals surface area contributed by atoms with E-state index in [2.05, 4.69) is 17.9 Å². The molecule has 1 saturated heterocycles. The van der Waals surface area contributed by atoms with Crippen LogP contribution in [0.1, 0.15) is 32.1 Å². The fourth-order valence-electron chi connectivity index (χ4n) is 2.60. The number of rotatable bonds is 4. The van der Waals surface area contributed by atoms with Gasteiger partial charge < -0.3 is 10.2 Å². The van der Waals surface area contributed by atoms with Crippen LogP contribution in [0.25, 0.3) is 0 Å². The normalized spacial score (nSPS) is 22.7. The van der Waals surface area contributed by atoms with Crippen molar-refractivity contribution in [1.82, 2.24) is 10.2 Å². The summed E-state index contributed by atoms with van der Waals surface area (Å²) < 4.78 is 0. The molecule has 5 heteroatoms. The average molecular weight is 270 g/mol. The van der Waals surface area contributed by atoms with Gasteiger partial charge in [0.1, 0.15) is 0 Å². The van der Waals surface area contributed by atoms with Crippen molar-refractivity contribution in [2.24, 2.45) is 11.3 Å². The Balaban J connectivity index is 1.79. The van der Waals surface area contributed by atoms with Gasteiger partial charge >= 0.3 is 0 Å². The van der Waals surface area contributed by atoms with Gasteiger partial charge in [-0.25, -0.2) is 0 Å². The second-order valence-electron chi connectivity index (χ2n) is 5.60. The summed E-state index contributed by atoms with van der Waals surface area (Å²) in [5, 5.41) is 2.68. The van der Waals surface area contributed by atoms with Crippen LogP contribution in [0.3, 0.4) is 0 Å². The van der Waals surface area contributed by atoms with Crippen LogP contribution in [0.15, 0.2) is 0 Å². The van der Waals surface area contributed by atoms with Crippen molar-refractivity contribution in [3.63, 3.8) is 0 Å². The molecule has 2 rings (SSSR count). The Bertz CT molecular complexity index is 334. The van der Waals surface area contributed by atoms with E-state index in [1.807, 2.05) is 4.90 Å². The van der Waals surface area contributed by atoms with E-state index in [9.17, 15) is 9.59 Å². The van der Waals surface area contributed by atoms with Crippen LogP contribution in [-0.4, -0.2) is 42.6 Å². The summed E-state index contributed by atoms with van der Waals surface area (Å²) in [6, 6.07) is 0. The SMILES string of the molecule is CNC(=O)C1CCN(C(=O)CC2(CS)CC2)CC1. The first-order valence-electron chi connectivity index (χ1n) is 6.70. The van der Waals surface area contributed by atoms with Gasteiger partial charge in [-0.05, 0) is 36.9 Å². The molecule has 0 aromatic rings. The first-order valence-corrected chi connectivity index (χ1v) is 7.34. The number of hydrogen-bond donors (Lipinski definition) is 2. The molecule has 0 bridgehead atoms. The van der Waals surface area contributed by atoms with E-state index in [0.717, 1.165) is 44.5 Å². The zero-order valence-electron chi connectivity index (χ0n) is 10.9. The number of likely N-dealkylation sites (tertiary alicyclic amines) is 1. The Morgan fingerprint density at radius 1 is 1.33 bits per heavy atom. The first kappa shape index (κ1) is 13.7. The molecule has 0 unspecified atom stereocenters. The molecular weight excluding hydrogens is 248 g/mol. The molecule has 0 spiro atoms. The molecule has 2 fully saturated rings. The van der Waals surface area contributed by atoms with Crippen molar-refractivity contribution in [3.05, 3.63) is 0 Å². The predicted molar refractivity (Wildman–Crippen MR) is 73.5 cm³/mol. The highest BCUT2D eigenvalue weighted by Gasteiger charge is 2.44. The number of piperidine rings is 1. The number of nitrogens with one attached hydrogen (secondary N) is 1. The quantitative estimate of drug-likeness (QED) is 0.751. The van der Waals surface area contributed by atoms with Crippen LogP contribution in [0, 0.1) is 11.3 Å². The molecule has 1 aliphatic heterocycles. The standard InChI is InChI=1S/C13H22N2O2S/c1-14-12(17)10-2-6-15(7-3-10)11(16)8-13(9-18)4-5-13/h10,18H,2-9H2,1H3,(H,14,17). The molecule has 0 aromatic carbocycles. The van der Waals surface area contributed by atoms with Crippen LogP contribution in [-0.2, 0) is 9.59 Å². The zero-order valence-corrected chi connectivity index (χ0v) is 11.8. The Labute approximate surface area is 114 Å². The number of carbonyl (C=O) groups is 2. The maximum Gasteiger partial charge on any atom is 0.223 e. The van der Waals surface area contributed by atoms with Gasteiger partial charge in [-0.15, -0.1) is 0 Å². The third kappa shape index (κ3) is 2.99. The van der Waals surface area contributed by atoms with Gasteiger partial charge in [0.2, 0.25) is 11.8 Å². The third-order valence-corrected chi connectivity index (χ3v) is 4.95. The first-order chi connectivity index (χ1) is 8.60. The summed E-state index contributed by atoms with van der Waals surface area (Å²) in [6.45, 7) is 1.44. The van der Waals surface area contributed by atoms with Crippen LogP contribution in [0.2, 0.25) is 0 Å². The van der Waals surface area contributed by atoms with E-state index in [1.54, 1.807) is 7.05 Å². The lowest BCUT2D eigenvalue weighted by atomic mass is 9.95. The van der Waals surface area contributed by atoms with Crippen molar-refractivity contribution in [3.8, 4) is 0 Å². The fraction of sp³-hybridized carbons (Fsp3) is 0.846. The summed E-state index contributed by atoms with van der Waals surface area (Å²) in [5.74, 6) is 1.25.